The van der Waals surface area contributed by atoms with E-state index in [0.717, 1.165) is 13.0 Å². The maximum Gasteiger partial charge on any atom is 0.0845 e. The van der Waals surface area contributed by atoms with Crippen molar-refractivity contribution in [3.05, 3.63) is 12.3 Å². The fourth-order valence-electron chi connectivity index (χ4n) is 0.399. The van der Waals surface area contributed by atoms with Gasteiger partial charge in [0.25, 0.3) is 0 Å². The van der Waals surface area contributed by atoms with E-state index < -0.39 is 0 Å². The normalized spacial score (nSPS) is 10.2. The van der Waals surface area contributed by atoms with Gasteiger partial charge in [-0.1, -0.05) is 13.3 Å². The van der Waals surface area contributed by atoms with Gasteiger partial charge in [-0.25, -0.2) is 0 Å². The largest absolute Gasteiger partial charge is 0.502 e. The molecule has 1 nitrogen and oxygen atoms in total. The van der Waals surface area contributed by atoms with Gasteiger partial charge in [0.05, 0.1) is 12.9 Å². The molecule has 0 atom stereocenters. The number of unbranched alkanes of at least 4 members (excludes halogenated alkanes) is 1. The van der Waals surface area contributed by atoms with Crippen LogP contribution in [0.15, 0.2) is 12.3 Å². The minimum Gasteiger partial charge on any atom is -0.502 e. The molecule has 0 saturated carbocycles. The average Bonchev–Trinajstić information content (AvgIpc) is 1.81. The van der Waals surface area contributed by atoms with Crippen LogP contribution in [0.3, 0.4) is 0 Å². The first kappa shape index (κ1) is 7.54. The molecule has 0 aliphatic rings. The van der Waals surface area contributed by atoms with Gasteiger partial charge in [-0.2, -0.15) is 0 Å². The summed E-state index contributed by atoms with van der Waals surface area (Å²) in [5, 5.41) is 0. The number of hydrogen-bond donors (Lipinski definition) is 0. The lowest BCUT2D eigenvalue weighted by molar-refractivity contribution is 0.268. The first-order valence-electron chi connectivity index (χ1n) is 3.18. The van der Waals surface area contributed by atoms with Gasteiger partial charge in [0.2, 0.25) is 0 Å². The van der Waals surface area contributed by atoms with Gasteiger partial charge in [0.15, 0.2) is 0 Å². The molecule has 8 heavy (non-hydrogen) atoms. The second-order valence-corrected chi connectivity index (χ2v) is 1.62. The predicted octanol–water partition coefficient (Wildman–Crippen LogP) is 2.34. The monoisotopic (exact) mass is 114 g/mol. The Morgan fingerprint density at radius 1 is 1.38 bits per heavy atom. The summed E-state index contributed by atoms with van der Waals surface area (Å²) >= 11 is 0. The Morgan fingerprint density at radius 3 is 2.62 bits per heavy atom. The van der Waals surface area contributed by atoms with Crippen LogP contribution in [0.2, 0.25) is 0 Å². The van der Waals surface area contributed by atoms with Crippen molar-refractivity contribution in [3.63, 3.8) is 0 Å². The van der Waals surface area contributed by atoms with E-state index in [2.05, 4.69) is 6.92 Å². The molecule has 0 unspecified atom stereocenters. The molecule has 0 radical (unpaired) electrons. The van der Waals surface area contributed by atoms with E-state index in [4.69, 9.17) is 4.74 Å². The Balaban J connectivity index is 2.83. The Labute approximate surface area is 51.4 Å². The molecule has 0 aromatic rings. The average molecular weight is 114 g/mol. The number of ether oxygens (including phenoxy) is 1. The summed E-state index contributed by atoms with van der Waals surface area (Å²) in [4.78, 5) is 0. The van der Waals surface area contributed by atoms with Crippen molar-refractivity contribution in [2.24, 2.45) is 0 Å². The van der Waals surface area contributed by atoms with Gasteiger partial charge in [-0.15, -0.1) is 0 Å². The first-order chi connectivity index (χ1) is 3.91. The highest BCUT2D eigenvalue weighted by molar-refractivity contribution is 4.71. The highest BCUT2D eigenvalue weighted by Gasteiger charge is 1.70. The molecular weight excluding hydrogens is 100 g/mol. The minimum atomic E-state index is 0.778. The Hall–Kier alpha value is -0.460. The van der Waals surface area contributed by atoms with Gasteiger partial charge >= 0.3 is 0 Å². The van der Waals surface area contributed by atoms with Crippen LogP contribution in [-0.4, -0.2) is 6.61 Å². The zero-order valence-electron chi connectivity index (χ0n) is 5.68. The third-order valence-corrected chi connectivity index (χ3v) is 0.814. The fraction of sp³-hybridized carbons (Fsp3) is 0.714. The molecule has 0 aromatic carbocycles. The van der Waals surface area contributed by atoms with E-state index in [9.17, 15) is 0 Å². The van der Waals surface area contributed by atoms with Gasteiger partial charge in [-0.05, 0) is 19.4 Å². The minimum absolute atomic E-state index is 0.778. The SMILES string of the molecule is CCCC=COCC. The molecule has 0 aliphatic carbocycles. The topological polar surface area (TPSA) is 9.23 Å². The molecule has 0 N–H and O–H groups in total. The lowest BCUT2D eigenvalue weighted by Crippen LogP contribution is -1.75. The maximum absolute atomic E-state index is 4.96. The molecular formula is C7H14O. The van der Waals surface area contributed by atoms with Crippen LogP contribution in [0, 0.1) is 0 Å². The van der Waals surface area contributed by atoms with Crippen LogP contribution in [0.5, 0.6) is 0 Å². The molecule has 0 aliphatic heterocycles. The molecule has 0 heterocycles. The zero-order valence-corrected chi connectivity index (χ0v) is 5.68. The molecule has 0 aromatic heterocycles. The van der Waals surface area contributed by atoms with Gasteiger partial charge in [-0.3, -0.25) is 0 Å². The lowest BCUT2D eigenvalue weighted by atomic mass is 10.3. The van der Waals surface area contributed by atoms with E-state index >= 15 is 0 Å². The van der Waals surface area contributed by atoms with Crippen molar-refractivity contribution in [3.8, 4) is 0 Å². The predicted molar refractivity (Wildman–Crippen MR) is 35.7 cm³/mol. The van der Waals surface area contributed by atoms with Crippen molar-refractivity contribution in [1.29, 1.82) is 0 Å². The van der Waals surface area contributed by atoms with E-state index in [1.807, 2.05) is 13.0 Å². The molecule has 0 spiro atoms. The summed E-state index contributed by atoms with van der Waals surface area (Å²) in [6.07, 6.45) is 6.14. The summed E-state index contributed by atoms with van der Waals surface area (Å²) in [6, 6.07) is 0. The second kappa shape index (κ2) is 6.54. The van der Waals surface area contributed by atoms with Crippen LogP contribution in [0.25, 0.3) is 0 Å². The fourth-order valence-corrected chi connectivity index (χ4v) is 0.399. The van der Waals surface area contributed by atoms with Crippen LogP contribution in [0.4, 0.5) is 0 Å². The zero-order chi connectivity index (χ0) is 6.24. The van der Waals surface area contributed by atoms with E-state index in [1.54, 1.807) is 6.26 Å². The summed E-state index contributed by atoms with van der Waals surface area (Å²) in [5.41, 5.74) is 0. The standard InChI is InChI=1S/C7H14O/c1-3-5-6-7-8-4-2/h6-7H,3-5H2,1-2H3. The number of rotatable bonds is 4. The summed E-state index contributed by atoms with van der Waals surface area (Å²) in [7, 11) is 0. The summed E-state index contributed by atoms with van der Waals surface area (Å²) in [6.45, 7) is 4.91. The lowest BCUT2D eigenvalue weighted by Gasteiger charge is -1.89. The highest BCUT2D eigenvalue weighted by Crippen LogP contribution is 1.87. The summed E-state index contributed by atoms with van der Waals surface area (Å²) < 4.78 is 4.96. The van der Waals surface area contributed by atoms with Crippen molar-refractivity contribution in [2.45, 2.75) is 26.7 Å². The number of hydrogen-bond acceptors (Lipinski definition) is 1. The van der Waals surface area contributed by atoms with Gasteiger partial charge < -0.3 is 4.74 Å². The van der Waals surface area contributed by atoms with Crippen molar-refractivity contribution in [2.75, 3.05) is 6.61 Å². The Kier molecular flexibility index (Phi) is 6.16. The van der Waals surface area contributed by atoms with Crippen molar-refractivity contribution in [1.82, 2.24) is 0 Å². The Bertz CT molecular complexity index is 49.4. The first-order valence-corrected chi connectivity index (χ1v) is 3.18. The van der Waals surface area contributed by atoms with Crippen LogP contribution < -0.4 is 0 Å². The highest BCUT2D eigenvalue weighted by atomic mass is 16.5. The van der Waals surface area contributed by atoms with Crippen LogP contribution in [0.1, 0.15) is 26.7 Å². The van der Waals surface area contributed by atoms with Crippen LogP contribution >= 0.6 is 0 Å². The molecule has 0 bridgehead atoms. The van der Waals surface area contributed by atoms with E-state index in [1.165, 1.54) is 6.42 Å². The molecule has 0 rings (SSSR count). The second-order valence-electron chi connectivity index (χ2n) is 1.62. The maximum atomic E-state index is 4.96. The smallest absolute Gasteiger partial charge is 0.0845 e. The van der Waals surface area contributed by atoms with E-state index in [0.29, 0.717) is 0 Å². The molecule has 0 amide bonds. The summed E-state index contributed by atoms with van der Waals surface area (Å²) in [5.74, 6) is 0. The van der Waals surface area contributed by atoms with Crippen LogP contribution in [-0.2, 0) is 4.74 Å². The molecule has 0 saturated heterocycles. The van der Waals surface area contributed by atoms with Crippen molar-refractivity contribution >= 4 is 0 Å². The third kappa shape index (κ3) is 5.54. The number of allylic oxidation sites excluding steroid dienone is 1. The van der Waals surface area contributed by atoms with E-state index in [-0.39, 0.29) is 0 Å². The molecule has 1 heteroatoms. The van der Waals surface area contributed by atoms with Gasteiger partial charge in [0, 0.05) is 0 Å². The molecule has 48 valence electrons. The van der Waals surface area contributed by atoms with Gasteiger partial charge in [0.1, 0.15) is 0 Å². The molecule has 0 fully saturated rings. The van der Waals surface area contributed by atoms with Crippen molar-refractivity contribution < 1.29 is 4.74 Å². The third-order valence-electron chi connectivity index (χ3n) is 0.814. The Morgan fingerprint density at radius 2 is 2.12 bits per heavy atom. The quantitative estimate of drug-likeness (QED) is 0.510.